The maximum absolute atomic E-state index is 12.2. The minimum Gasteiger partial charge on any atom is -0.342 e. The van der Waals surface area contributed by atoms with E-state index in [-0.39, 0.29) is 0 Å². The van der Waals surface area contributed by atoms with E-state index in [1.165, 1.54) is 0 Å². The molecule has 1 fully saturated rings. The predicted octanol–water partition coefficient (Wildman–Crippen LogP) is 2.11. The summed E-state index contributed by atoms with van der Waals surface area (Å²) in [6.45, 7) is 11.3. The van der Waals surface area contributed by atoms with Gasteiger partial charge in [0.1, 0.15) is 0 Å². The molecule has 1 rings (SSSR count). The standard InChI is InChI=1S/C14H28N2O/c1-10(2)5-13(7-15)6-14(17)16-8-11(3)12(4)9-16/h10-13H,5-9,15H2,1-4H3. The van der Waals surface area contributed by atoms with Crippen LogP contribution in [0.1, 0.15) is 40.5 Å². The van der Waals surface area contributed by atoms with Crippen LogP contribution in [0.25, 0.3) is 0 Å². The molecule has 0 bridgehead atoms. The molecule has 100 valence electrons. The lowest BCUT2D eigenvalue weighted by molar-refractivity contribution is -0.131. The lowest BCUT2D eigenvalue weighted by atomic mass is 9.94. The summed E-state index contributed by atoms with van der Waals surface area (Å²) < 4.78 is 0. The van der Waals surface area contributed by atoms with Gasteiger partial charge in [-0.25, -0.2) is 0 Å². The molecule has 0 aromatic heterocycles. The van der Waals surface area contributed by atoms with Gasteiger partial charge in [-0.3, -0.25) is 4.79 Å². The van der Waals surface area contributed by atoms with Crippen LogP contribution in [0.3, 0.4) is 0 Å². The van der Waals surface area contributed by atoms with E-state index in [1.54, 1.807) is 0 Å². The lowest BCUT2D eigenvalue weighted by Crippen LogP contribution is -2.32. The van der Waals surface area contributed by atoms with Crippen molar-refractivity contribution in [3.8, 4) is 0 Å². The largest absolute Gasteiger partial charge is 0.342 e. The first-order valence-electron chi connectivity index (χ1n) is 6.91. The van der Waals surface area contributed by atoms with E-state index in [0.717, 1.165) is 19.5 Å². The molecule has 3 heteroatoms. The maximum atomic E-state index is 12.2. The number of hydrogen-bond donors (Lipinski definition) is 1. The topological polar surface area (TPSA) is 46.3 Å². The van der Waals surface area contributed by atoms with Crippen LogP contribution in [0, 0.1) is 23.7 Å². The van der Waals surface area contributed by atoms with Crippen molar-refractivity contribution in [3.05, 3.63) is 0 Å². The maximum Gasteiger partial charge on any atom is 0.222 e. The van der Waals surface area contributed by atoms with Gasteiger partial charge in [0.2, 0.25) is 5.91 Å². The number of hydrogen-bond acceptors (Lipinski definition) is 2. The van der Waals surface area contributed by atoms with E-state index >= 15 is 0 Å². The van der Waals surface area contributed by atoms with Crippen LogP contribution in [-0.2, 0) is 4.79 Å². The van der Waals surface area contributed by atoms with E-state index in [4.69, 9.17) is 5.73 Å². The summed E-state index contributed by atoms with van der Waals surface area (Å²) in [5, 5.41) is 0. The van der Waals surface area contributed by atoms with Gasteiger partial charge in [0, 0.05) is 19.5 Å². The van der Waals surface area contributed by atoms with Crippen molar-refractivity contribution in [2.75, 3.05) is 19.6 Å². The van der Waals surface area contributed by atoms with Gasteiger partial charge in [0.15, 0.2) is 0 Å². The van der Waals surface area contributed by atoms with Crippen LogP contribution in [0.15, 0.2) is 0 Å². The van der Waals surface area contributed by atoms with Crippen LogP contribution in [-0.4, -0.2) is 30.4 Å². The SMILES string of the molecule is CC(C)CC(CN)CC(=O)N1CC(C)C(C)C1. The average Bonchev–Trinajstić information content (AvgIpc) is 2.57. The summed E-state index contributed by atoms with van der Waals surface area (Å²) in [5.74, 6) is 2.56. The molecular weight excluding hydrogens is 212 g/mol. The second kappa shape index (κ2) is 6.39. The Morgan fingerprint density at radius 2 is 1.82 bits per heavy atom. The monoisotopic (exact) mass is 240 g/mol. The fourth-order valence-corrected chi connectivity index (χ4v) is 2.64. The van der Waals surface area contributed by atoms with Gasteiger partial charge >= 0.3 is 0 Å². The van der Waals surface area contributed by atoms with Gasteiger partial charge in [-0.05, 0) is 36.6 Å². The Hall–Kier alpha value is -0.570. The van der Waals surface area contributed by atoms with Crippen LogP contribution in [0.5, 0.6) is 0 Å². The van der Waals surface area contributed by atoms with Crippen LogP contribution >= 0.6 is 0 Å². The van der Waals surface area contributed by atoms with E-state index < -0.39 is 0 Å². The molecule has 3 atom stereocenters. The summed E-state index contributed by atoms with van der Waals surface area (Å²) >= 11 is 0. The van der Waals surface area contributed by atoms with Crippen molar-refractivity contribution >= 4 is 5.91 Å². The first-order valence-corrected chi connectivity index (χ1v) is 6.91. The molecule has 0 spiro atoms. The molecule has 0 radical (unpaired) electrons. The Morgan fingerprint density at radius 3 is 2.24 bits per heavy atom. The zero-order chi connectivity index (χ0) is 13.0. The molecule has 1 saturated heterocycles. The normalized spacial score (nSPS) is 26.6. The third-order valence-electron chi connectivity index (χ3n) is 3.94. The smallest absolute Gasteiger partial charge is 0.222 e. The number of amides is 1. The molecule has 0 aromatic carbocycles. The van der Waals surface area contributed by atoms with Crippen molar-refractivity contribution in [2.24, 2.45) is 29.4 Å². The third-order valence-corrected chi connectivity index (χ3v) is 3.94. The first-order chi connectivity index (χ1) is 7.93. The quantitative estimate of drug-likeness (QED) is 0.800. The van der Waals surface area contributed by atoms with E-state index in [1.807, 2.05) is 4.90 Å². The number of nitrogens with zero attached hydrogens (tertiary/aromatic N) is 1. The number of likely N-dealkylation sites (tertiary alicyclic amines) is 1. The van der Waals surface area contributed by atoms with Gasteiger partial charge in [0.25, 0.3) is 0 Å². The highest BCUT2D eigenvalue weighted by atomic mass is 16.2. The fraction of sp³-hybridized carbons (Fsp3) is 0.929. The zero-order valence-electron chi connectivity index (χ0n) is 11.8. The highest BCUT2D eigenvalue weighted by Gasteiger charge is 2.30. The second-order valence-electron chi connectivity index (χ2n) is 6.19. The molecule has 17 heavy (non-hydrogen) atoms. The van der Waals surface area contributed by atoms with Gasteiger partial charge in [-0.1, -0.05) is 27.7 Å². The molecular formula is C14H28N2O. The van der Waals surface area contributed by atoms with Crippen molar-refractivity contribution < 1.29 is 4.79 Å². The highest BCUT2D eigenvalue weighted by molar-refractivity contribution is 5.76. The minimum absolute atomic E-state index is 0.303. The summed E-state index contributed by atoms with van der Waals surface area (Å²) in [6.07, 6.45) is 1.69. The zero-order valence-corrected chi connectivity index (χ0v) is 11.8. The summed E-state index contributed by atoms with van der Waals surface area (Å²) in [6, 6.07) is 0. The molecule has 2 N–H and O–H groups in total. The van der Waals surface area contributed by atoms with Crippen LogP contribution < -0.4 is 5.73 Å². The summed E-state index contributed by atoms with van der Waals surface area (Å²) in [5.41, 5.74) is 5.75. The highest BCUT2D eigenvalue weighted by Crippen LogP contribution is 2.24. The van der Waals surface area contributed by atoms with Gasteiger partial charge in [-0.2, -0.15) is 0 Å². The molecule has 3 unspecified atom stereocenters. The Bertz CT molecular complexity index is 243. The van der Waals surface area contributed by atoms with Crippen molar-refractivity contribution in [2.45, 2.75) is 40.5 Å². The Morgan fingerprint density at radius 1 is 1.29 bits per heavy atom. The lowest BCUT2D eigenvalue weighted by Gasteiger charge is -2.21. The Labute approximate surface area is 106 Å². The van der Waals surface area contributed by atoms with Crippen molar-refractivity contribution in [1.29, 1.82) is 0 Å². The van der Waals surface area contributed by atoms with Gasteiger partial charge in [0.05, 0.1) is 0 Å². The molecule has 3 nitrogen and oxygen atoms in total. The molecule has 1 aliphatic heterocycles. The molecule has 1 heterocycles. The molecule has 0 aliphatic carbocycles. The minimum atomic E-state index is 0.303. The van der Waals surface area contributed by atoms with Gasteiger partial charge in [-0.15, -0.1) is 0 Å². The second-order valence-corrected chi connectivity index (χ2v) is 6.19. The number of rotatable bonds is 5. The van der Waals surface area contributed by atoms with Crippen molar-refractivity contribution in [3.63, 3.8) is 0 Å². The summed E-state index contributed by atoms with van der Waals surface area (Å²) in [4.78, 5) is 14.2. The average molecular weight is 240 g/mol. The van der Waals surface area contributed by atoms with E-state index in [2.05, 4.69) is 27.7 Å². The molecule has 1 aliphatic rings. The Balaban J connectivity index is 2.42. The molecule has 0 aromatic rings. The fourth-order valence-electron chi connectivity index (χ4n) is 2.64. The number of carbonyl (C=O) groups is 1. The van der Waals surface area contributed by atoms with Crippen LogP contribution in [0.2, 0.25) is 0 Å². The summed E-state index contributed by atoms with van der Waals surface area (Å²) in [7, 11) is 0. The number of carbonyl (C=O) groups excluding carboxylic acids is 1. The predicted molar refractivity (Wildman–Crippen MR) is 71.5 cm³/mol. The van der Waals surface area contributed by atoms with Gasteiger partial charge < -0.3 is 10.6 Å². The van der Waals surface area contributed by atoms with Crippen LogP contribution in [0.4, 0.5) is 0 Å². The van der Waals surface area contributed by atoms with Crippen molar-refractivity contribution in [1.82, 2.24) is 4.90 Å². The third kappa shape index (κ3) is 4.30. The van der Waals surface area contributed by atoms with E-state index in [9.17, 15) is 4.79 Å². The molecule has 0 saturated carbocycles. The van der Waals surface area contributed by atoms with E-state index in [0.29, 0.717) is 42.5 Å². The molecule has 1 amide bonds. The Kier molecular flexibility index (Phi) is 5.44. The first kappa shape index (κ1) is 14.5. The number of nitrogens with two attached hydrogens (primary N) is 1.